The molecule has 1 saturated heterocycles. The number of piperidine rings is 1. The molecule has 0 unspecified atom stereocenters. The Labute approximate surface area is 148 Å². The normalized spacial score (nSPS) is 15.0. The number of hydrogen-bond donors (Lipinski definition) is 1. The molecule has 1 N–H and O–H groups in total. The first-order valence-electron chi connectivity index (χ1n) is 8.98. The molecule has 6 heteroatoms. The van der Waals surface area contributed by atoms with Crippen molar-refractivity contribution in [3.05, 3.63) is 23.8 Å². The maximum atomic E-state index is 12.7. The minimum Gasteiger partial charge on any atom is -0.490 e. The first-order valence-corrected chi connectivity index (χ1v) is 8.98. The topological polar surface area (TPSA) is 76.1 Å². The molecule has 1 amide bonds. The number of carbonyl (C=O) groups excluding carboxylic acids is 1. The molecule has 0 atom stereocenters. The largest absolute Gasteiger partial charge is 0.490 e. The Morgan fingerprint density at radius 2 is 1.68 bits per heavy atom. The summed E-state index contributed by atoms with van der Waals surface area (Å²) in [5, 5.41) is 9.07. The van der Waals surface area contributed by atoms with Crippen LogP contribution in [-0.4, -0.2) is 48.2 Å². The Balaban J connectivity index is 2.09. The summed E-state index contributed by atoms with van der Waals surface area (Å²) >= 11 is 0. The van der Waals surface area contributed by atoms with Gasteiger partial charge >= 0.3 is 5.97 Å². The van der Waals surface area contributed by atoms with Crippen LogP contribution in [0, 0.1) is 5.92 Å². The predicted molar refractivity (Wildman–Crippen MR) is 94.3 cm³/mol. The van der Waals surface area contributed by atoms with Gasteiger partial charge in [-0.25, -0.2) is 0 Å². The third-order valence-corrected chi connectivity index (χ3v) is 4.25. The molecule has 1 aromatic carbocycles. The molecule has 0 spiro atoms. The molecule has 1 aromatic rings. The summed E-state index contributed by atoms with van der Waals surface area (Å²) in [5.41, 5.74) is 0.545. The smallest absolute Gasteiger partial charge is 0.306 e. The van der Waals surface area contributed by atoms with E-state index < -0.39 is 5.97 Å². The van der Waals surface area contributed by atoms with Crippen LogP contribution in [0.1, 0.15) is 49.9 Å². The van der Waals surface area contributed by atoms with Crippen molar-refractivity contribution in [1.82, 2.24) is 4.90 Å². The number of aliphatic carboxylic acids is 1. The maximum absolute atomic E-state index is 12.7. The molecule has 0 saturated carbocycles. The Hall–Kier alpha value is -2.24. The molecule has 0 aromatic heterocycles. The monoisotopic (exact) mass is 349 g/mol. The number of ether oxygens (including phenoxy) is 2. The third kappa shape index (κ3) is 5.11. The van der Waals surface area contributed by atoms with E-state index >= 15 is 0 Å². The molecule has 2 rings (SSSR count). The average molecular weight is 349 g/mol. The number of nitrogens with zero attached hydrogens (tertiary/aromatic N) is 1. The van der Waals surface area contributed by atoms with Crippen molar-refractivity contribution in [2.45, 2.75) is 39.5 Å². The highest BCUT2D eigenvalue weighted by atomic mass is 16.5. The number of rotatable bonds is 8. The summed E-state index contributed by atoms with van der Waals surface area (Å²) in [5.74, 6) is 0.0160. The summed E-state index contributed by atoms with van der Waals surface area (Å²) in [6, 6.07) is 5.25. The number of carboxylic acid groups (broad SMARTS) is 1. The van der Waals surface area contributed by atoms with Gasteiger partial charge in [0.15, 0.2) is 11.5 Å². The van der Waals surface area contributed by atoms with Gasteiger partial charge in [0.25, 0.3) is 5.91 Å². The molecule has 6 nitrogen and oxygen atoms in total. The second-order valence-electron chi connectivity index (χ2n) is 6.26. The lowest BCUT2D eigenvalue weighted by molar-refractivity contribution is -0.143. The standard InChI is InChI=1S/C19H27NO5/c1-3-11-24-16-6-5-15(13-17(16)25-12-4-2)18(21)20-9-7-14(8-10-20)19(22)23/h5-6,13-14H,3-4,7-12H2,1-2H3,(H,22,23). The van der Waals surface area contributed by atoms with E-state index in [9.17, 15) is 9.59 Å². The lowest BCUT2D eigenvalue weighted by Crippen LogP contribution is -2.40. The maximum Gasteiger partial charge on any atom is 0.306 e. The Bertz CT molecular complexity index is 593. The Morgan fingerprint density at radius 1 is 1.08 bits per heavy atom. The number of hydrogen-bond acceptors (Lipinski definition) is 4. The van der Waals surface area contributed by atoms with Gasteiger partial charge in [0.2, 0.25) is 0 Å². The van der Waals surface area contributed by atoms with Crippen LogP contribution in [0.3, 0.4) is 0 Å². The molecular weight excluding hydrogens is 322 g/mol. The minimum absolute atomic E-state index is 0.0905. The summed E-state index contributed by atoms with van der Waals surface area (Å²) in [7, 11) is 0. The van der Waals surface area contributed by atoms with Crippen molar-refractivity contribution in [3.8, 4) is 11.5 Å². The van der Waals surface area contributed by atoms with Crippen molar-refractivity contribution in [2.75, 3.05) is 26.3 Å². The van der Waals surface area contributed by atoms with E-state index in [0.29, 0.717) is 56.2 Å². The first kappa shape index (κ1) is 19.1. The number of amides is 1. The molecular formula is C19H27NO5. The third-order valence-electron chi connectivity index (χ3n) is 4.25. The van der Waals surface area contributed by atoms with E-state index in [4.69, 9.17) is 14.6 Å². The van der Waals surface area contributed by atoms with E-state index in [1.807, 2.05) is 13.8 Å². The van der Waals surface area contributed by atoms with Crippen molar-refractivity contribution >= 4 is 11.9 Å². The summed E-state index contributed by atoms with van der Waals surface area (Å²) in [4.78, 5) is 25.5. The zero-order valence-electron chi connectivity index (χ0n) is 15.0. The number of carboxylic acids is 1. The van der Waals surface area contributed by atoms with E-state index in [-0.39, 0.29) is 11.8 Å². The first-order chi connectivity index (χ1) is 12.1. The van der Waals surface area contributed by atoms with Gasteiger partial charge in [-0.3, -0.25) is 9.59 Å². The Morgan fingerprint density at radius 3 is 2.24 bits per heavy atom. The average Bonchev–Trinajstić information content (AvgIpc) is 2.64. The van der Waals surface area contributed by atoms with E-state index in [0.717, 1.165) is 12.8 Å². The van der Waals surface area contributed by atoms with Crippen molar-refractivity contribution in [3.63, 3.8) is 0 Å². The van der Waals surface area contributed by atoms with E-state index in [1.165, 1.54) is 0 Å². The molecule has 0 bridgehead atoms. The van der Waals surface area contributed by atoms with E-state index in [2.05, 4.69) is 0 Å². The van der Waals surface area contributed by atoms with Gasteiger partial charge in [-0.15, -0.1) is 0 Å². The van der Waals surface area contributed by atoms with Crippen LogP contribution in [-0.2, 0) is 4.79 Å². The van der Waals surface area contributed by atoms with Crippen LogP contribution in [0.2, 0.25) is 0 Å². The SMILES string of the molecule is CCCOc1ccc(C(=O)N2CCC(C(=O)O)CC2)cc1OCCC. The number of benzene rings is 1. The molecule has 138 valence electrons. The van der Waals surface area contributed by atoms with Crippen LogP contribution in [0.25, 0.3) is 0 Å². The molecule has 1 aliphatic rings. The highest BCUT2D eigenvalue weighted by Gasteiger charge is 2.27. The fourth-order valence-corrected chi connectivity index (χ4v) is 2.81. The summed E-state index contributed by atoms with van der Waals surface area (Å²) < 4.78 is 11.4. The van der Waals surface area contributed by atoms with E-state index in [1.54, 1.807) is 23.1 Å². The van der Waals surface area contributed by atoms with Gasteiger partial charge in [-0.2, -0.15) is 0 Å². The zero-order valence-corrected chi connectivity index (χ0v) is 15.0. The molecule has 1 aliphatic heterocycles. The fraction of sp³-hybridized carbons (Fsp3) is 0.579. The van der Waals surface area contributed by atoms with Crippen LogP contribution in [0.15, 0.2) is 18.2 Å². The number of carbonyl (C=O) groups is 2. The lowest BCUT2D eigenvalue weighted by atomic mass is 9.96. The molecule has 0 radical (unpaired) electrons. The number of likely N-dealkylation sites (tertiary alicyclic amines) is 1. The van der Waals surface area contributed by atoms with Gasteiger partial charge < -0.3 is 19.5 Å². The highest BCUT2D eigenvalue weighted by molar-refractivity contribution is 5.95. The van der Waals surface area contributed by atoms with Gasteiger partial charge in [-0.05, 0) is 43.9 Å². The summed E-state index contributed by atoms with van der Waals surface area (Å²) in [6.07, 6.45) is 2.76. The highest BCUT2D eigenvalue weighted by Crippen LogP contribution is 2.30. The fourth-order valence-electron chi connectivity index (χ4n) is 2.81. The van der Waals surface area contributed by atoms with Gasteiger partial charge in [0.05, 0.1) is 19.1 Å². The second kappa shape index (κ2) is 9.30. The van der Waals surface area contributed by atoms with Crippen LogP contribution in [0.5, 0.6) is 11.5 Å². The quantitative estimate of drug-likeness (QED) is 0.780. The molecule has 1 fully saturated rings. The lowest BCUT2D eigenvalue weighted by Gasteiger charge is -2.30. The van der Waals surface area contributed by atoms with Crippen LogP contribution in [0.4, 0.5) is 0 Å². The molecule has 1 heterocycles. The van der Waals surface area contributed by atoms with Crippen LogP contribution >= 0.6 is 0 Å². The van der Waals surface area contributed by atoms with Gasteiger partial charge in [-0.1, -0.05) is 13.8 Å². The summed E-state index contributed by atoms with van der Waals surface area (Å²) in [6.45, 7) is 6.14. The van der Waals surface area contributed by atoms with Crippen LogP contribution < -0.4 is 9.47 Å². The van der Waals surface area contributed by atoms with Crippen molar-refractivity contribution < 1.29 is 24.2 Å². The van der Waals surface area contributed by atoms with Crippen molar-refractivity contribution in [2.24, 2.45) is 5.92 Å². The second-order valence-corrected chi connectivity index (χ2v) is 6.26. The van der Waals surface area contributed by atoms with Gasteiger partial charge in [0, 0.05) is 18.7 Å². The predicted octanol–water partition coefficient (Wildman–Crippen LogP) is 3.20. The molecule has 25 heavy (non-hydrogen) atoms. The van der Waals surface area contributed by atoms with Gasteiger partial charge in [0.1, 0.15) is 0 Å². The molecule has 0 aliphatic carbocycles. The Kier molecular flexibility index (Phi) is 7.10. The van der Waals surface area contributed by atoms with Crippen molar-refractivity contribution in [1.29, 1.82) is 0 Å². The minimum atomic E-state index is -0.778. The zero-order chi connectivity index (χ0) is 18.2.